The van der Waals surface area contributed by atoms with Gasteiger partial charge in [-0.3, -0.25) is 4.90 Å². The molecule has 0 bridgehead atoms. The minimum atomic E-state index is 0.652. The van der Waals surface area contributed by atoms with Gasteiger partial charge in [0, 0.05) is 31.7 Å². The molecular formula is C11H20ClNO. The van der Waals surface area contributed by atoms with Crippen molar-refractivity contribution in [3.8, 4) is 0 Å². The zero-order chi connectivity index (χ0) is 9.80. The van der Waals surface area contributed by atoms with Crippen molar-refractivity contribution in [3.05, 3.63) is 0 Å². The first-order valence-electron chi connectivity index (χ1n) is 5.78. The van der Waals surface area contributed by atoms with E-state index in [4.69, 9.17) is 16.3 Å². The maximum Gasteiger partial charge on any atom is 0.0469 e. The molecule has 2 aliphatic heterocycles. The van der Waals surface area contributed by atoms with E-state index in [0.717, 1.165) is 25.0 Å². The maximum atomic E-state index is 5.95. The zero-order valence-corrected chi connectivity index (χ0v) is 9.51. The Morgan fingerprint density at radius 1 is 1.21 bits per heavy atom. The highest BCUT2D eigenvalue weighted by molar-refractivity contribution is 6.18. The molecule has 82 valence electrons. The molecule has 0 radical (unpaired) electrons. The van der Waals surface area contributed by atoms with Crippen LogP contribution in [0, 0.1) is 5.92 Å². The van der Waals surface area contributed by atoms with Crippen LogP contribution >= 0.6 is 11.6 Å². The second kappa shape index (κ2) is 5.34. The van der Waals surface area contributed by atoms with E-state index in [1.165, 1.54) is 38.8 Å². The van der Waals surface area contributed by atoms with Crippen molar-refractivity contribution in [3.63, 3.8) is 0 Å². The van der Waals surface area contributed by atoms with Gasteiger partial charge in [-0.15, -0.1) is 11.6 Å². The van der Waals surface area contributed by atoms with Crippen LogP contribution in [0.5, 0.6) is 0 Å². The topological polar surface area (TPSA) is 12.5 Å². The van der Waals surface area contributed by atoms with E-state index in [-0.39, 0.29) is 0 Å². The Bertz CT molecular complexity index is 171. The highest BCUT2D eigenvalue weighted by Crippen LogP contribution is 2.23. The van der Waals surface area contributed by atoms with Crippen molar-refractivity contribution >= 4 is 11.6 Å². The molecule has 0 N–H and O–H groups in total. The molecule has 0 spiro atoms. The second-order valence-electron chi connectivity index (χ2n) is 4.50. The zero-order valence-electron chi connectivity index (χ0n) is 8.75. The average Bonchev–Trinajstić information content (AvgIpc) is 2.67. The van der Waals surface area contributed by atoms with Crippen molar-refractivity contribution in [2.75, 3.05) is 32.2 Å². The summed E-state index contributed by atoms with van der Waals surface area (Å²) in [6.07, 6.45) is 5.12. The van der Waals surface area contributed by atoms with Crippen LogP contribution in [0.1, 0.15) is 25.7 Å². The summed E-state index contributed by atoms with van der Waals surface area (Å²) < 4.78 is 5.37. The van der Waals surface area contributed by atoms with E-state index in [1.54, 1.807) is 0 Å². The first-order valence-corrected chi connectivity index (χ1v) is 6.31. The molecule has 0 aromatic rings. The molecule has 0 saturated carbocycles. The molecular weight excluding hydrogens is 198 g/mol. The maximum absolute atomic E-state index is 5.95. The van der Waals surface area contributed by atoms with Crippen molar-refractivity contribution in [2.45, 2.75) is 31.7 Å². The fraction of sp³-hybridized carbons (Fsp3) is 1.00. The molecule has 0 aromatic carbocycles. The summed E-state index contributed by atoms with van der Waals surface area (Å²) in [7, 11) is 0. The number of rotatable bonds is 3. The Labute approximate surface area is 91.6 Å². The third kappa shape index (κ3) is 2.62. The van der Waals surface area contributed by atoms with Crippen LogP contribution in [0.3, 0.4) is 0 Å². The normalized spacial score (nSPS) is 31.1. The number of halogens is 1. The van der Waals surface area contributed by atoms with Crippen LogP contribution in [0.2, 0.25) is 0 Å². The first-order chi connectivity index (χ1) is 6.90. The Morgan fingerprint density at radius 2 is 2.00 bits per heavy atom. The Balaban J connectivity index is 1.77. The summed E-state index contributed by atoms with van der Waals surface area (Å²) in [5.74, 6) is 1.66. The van der Waals surface area contributed by atoms with E-state index < -0.39 is 0 Å². The third-order valence-electron chi connectivity index (χ3n) is 3.51. The minimum absolute atomic E-state index is 0.652. The molecule has 14 heavy (non-hydrogen) atoms. The summed E-state index contributed by atoms with van der Waals surface area (Å²) >= 11 is 5.95. The van der Waals surface area contributed by atoms with Crippen LogP contribution in [0.25, 0.3) is 0 Å². The molecule has 0 aromatic heterocycles. The van der Waals surface area contributed by atoms with Gasteiger partial charge in [0.05, 0.1) is 0 Å². The Kier molecular flexibility index (Phi) is 4.09. The highest BCUT2D eigenvalue weighted by atomic mass is 35.5. The van der Waals surface area contributed by atoms with Crippen molar-refractivity contribution in [1.29, 1.82) is 0 Å². The third-order valence-corrected chi connectivity index (χ3v) is 3.87. The molecule has 2 rings (SSSR count). The Morgan fingerprint density at radius 3 is 2.71 bits per heavy atom. The van der Waals surface area contributed by atoms with Gasteiger partial charge in [-0.1, -0.05) is 0 Å². The first kappa shape index (κ1) is 10.7. The van der Waals surface area contributed by atoms with Crippen LogP contribution in [0.4, 0.5) is 0 Å². The lowest BCUT2D eigenvalue weighted by Crippen LogP contribution is -2.36. The molecule has 1 unspecified atom stereocenters. The van der Waals surface area contributed by atoms with Gasteiger partial charge in [-0.25, -0.2) is 0 Å². The SMILES string of the molecule is ClCC1CCCN1CC1CCOCC1. The monoisotopic (exact) mass is 217 g/mol. The molecule has 2 nitrogen and oxygen atoms in total. The molecule has 2 saturated heterocycles. The summed E-state index contributed by atoms with van der Waals surface area (Å²) in [4.78, 5) is 2.59. The minimum Gasteiger partial charge on any atom is -0.381 e. The standard InChI is InChI=1S/C11H20ClNO/c12-8-11-2-1-5-13(11)9-10-3-6-14-7-4-10/h10-11H,1-9H2. The van der Waals surface area contributed by atoms with Gasteiger partial charge in [0.2, 0.25) is 0 Å². The fourth-order valence-electron chi connectivity index (χ4n) is 2.57. The predicted molar refractivity (Wildman–Crippen MR) is 58.9 cm³/mol. The fourth-order valence-corrected chi connectivity index (χ4v) is 2.92. The predicted octanol–water partition coefficient (Wildman–Crippen LogP) is 2.12. The molecule has 0 amide bonds. The van der Waals surface area contributed by atoms with Crippen molar-refractivity contribution < 1.29 is 4.74 Å². The molecule has 2 heterocycles. The largest absolute Gasteiger partial charge is 0.381 e. The number of ether oxygens (including phenoxy) is 1. The summed E-state index contributed by atoms with van der Waals surface area (Å²) in [5, 5.41) is 0. The van der Waals surface area contributed by atoms with E-state index in [0.29, 0.717) is 6.04 Å². The smallest absolute Gasteiger partial charge is 0.0469 e. The molecule has 0 aliphatic carbocycles. The molecule has 2 fully saturated rings. The number of alkyl halides is 1. The van der Waals surface area contributed by atoms with Crippen LogP contribution < -0.4 is 0 Å². The van der Waals surface area contributed by atoms with E-state index >= 15 is 0 Å². The average molecular weight is 218 g/mol. The van der Waals surface area contributed by atoms with Gasteiger partial charge >= 0.3 is 0 Å². The summed E-state index contributed by atoms with van der Waals surface area (Å²) in [6, 6.07) is 0.652. The number of nitrogens with zero attached hydrogens (tertiary/aromatic N) is 1. The highest BCUT2D eigenvalue weighted by Gasteiger charge is 2.26. The van der Waals surface area contributed by atoms with Gasteiger partial charge in [-0.2, -0.15) is 0 Å². The quantitative estimate of drug-likeness (QED) is 0.672. The van der Waals surface area contributed by atoms with Crippen LogP contribution in [0.15, 0.2) is 0 Å². The van der Waals surface area contributed by atoms with Gasteiger partial charge < -0.3 is 4.74 Å². The molecule has 3 heteroatoms. The molecule has 1 atom stereocenters. The van der Waals surface area contributed by atoms with E-state index in [9.17, 15) is 0 Å². The number of hydrogen-bond acceptors (Lipinski definition) is 2. The van der Waals surface area contributed by atoms with E-state index in [1.807, 2.05) is 0 Å². The van der Waals surface area contributed by atoms with Crippen LogP contribution in [-0.2, 0) is 4.74 Å². The number of hydrogen-bond donors (Lipinski definition) is 0. The van der Waals surface area contributed by atoms with Gasteiger partial charge in [-0.05, 0) is 38.1 Å². The van der Waals surface area contributed by atoms with Gasteiger partial charge in [0.1, 0.15) is 0 Å². The number of likely N-dealkylation sites (tertiary alicyclic amines) is 1. The lowest BCUT2D eigenvalue weighted by molar-refractivity contribution is 0.0518. The molecule has 2 aliphatic rings. The lowest BCUT2D eigenvalue weighted by atomic mass is 9.99. The Hall–Kier alpha value is 0.210. The summed E-state index contributed by atoms with van der Waals surface area (Å²) in [5.41, 5.74) is 0. The van der Waals surface area contributed by atoms with E-state index in [2.05, 4.69) is 4.90 Å². The lowest BCUT2D eigenvalue weighted by Gasteiger charge is -2.30. The van der Waals surface area contributed by atoms with Gasteiger partial charge in [0.25, 0.3) is 0 Å². The van der Waals surface area contributed by atoms with Crippen molar-refractivity contribution in [2.24, 2.45) is 5.92 Å². The second-order valence-corrected chi connectivity index (χ2v) is 4.81. The van der Waals surface area contributed by atoms with Gasteiger partial charge in [0.15, 0.2) is 0 Å². The van der Waals surface area contributed by atoms with Crippen molar-refractivity contribution in [1.82, 2.24) is 4.90 Å². The van der Waals surface area contributed by atoms with Crippen LogP contribution in [-0.4, -0.2) is 43.1 Å². The summed E-state index contributed by atoms with van der Waals surface area (Å²) in [6.45, 7) is 4.43.